The molecule has 0 amide bonds. The highest BCUT2D eigenvalue weighted by Crippen LogP contribution is 2.31. The lowest BCUT2D eigenvalue weighted by Crippen LogP contribution is -2.36. The third-order valence-electron chi connectivity index (χ3n) is 5.93. The van der Waals surface area contributed by atoms with Gasteiger partial charge in [-0.15, -0.1) is 0 Å². The monoisotopic (exact) mass is 470 g/mol. The molecule has 0 unspecified atom stereocenters. The molecule has 1 N–H and O–H groups in total. The van der Waals surface area contributed by atoms with Gasteiger partial charge in [-0.1, -0.05) is 30.3 Å². The molecular weight excluding hydrogens is 440 g/mol. The Hall–Kier alpha value is -3.75. The molecule has 5 rings (SSSR count). The van der Waals surface area contributed by atoms with Crippen LogP contribution in [0.15, 0.2) is 67.0 Å². The van der Waals surface area contributed by atoms with Gasteiger partial charge in [-0.2, -0.15) is 0 Å². The zero-order valence-corrected chi connectivity index (χ0v) is 20.1. The number of hydrogen-bond donors (Lipinski definition) is 1. The summed E-state index contributed by atoms with van der Waals surface area (Å²) in [5.74, 6) is 1.34. The van der Waals surface area contributed by atoms with Crippen molar-refractivity contribution < 1.29 is 9.47 Å². The minimum Gasteiger partial charge on any atom is -0.492 e. The normalized spacial score (nSPS) is 13.9. The maximum atomic E-state index is 5.92. The Morgan fingerprint density at radius 2 is 1.89 bits per heavy atom. The lowest BCUT2D eigenvalue weighted by Gasteiger charge is -2.30. The maximum absolute atomic E-state index is 5.92. The zero-order chi connectivity index (χ0) is 24.0. The molecule has 8 nitrogen and oxygen atoms in total. The molecular formula is C27H30N6O2. The molecule has 180 valence electrons. The molecule has 1 saturated heterocycles. The summed E-state index contributed by atoms with van der Waals surface area (Å²) in [6.45, 7) is 4.65. The van der Waals surface area contributed by atoms with Crippen molar-refractivity contribution >= 4 is 28.2 Å². The molecule has 0 spiro atoms. The first-order valence-electron chi connectivity index (χ1n) is 11.9. The minimum absolute atomic E-state index is 0.545. The summed E-state index contributed by atoms with van der Waals surface area (Å²) >= 11 is 0. The van der Waals surface area contributed by atoms with Gasteiger partial charge < -0.3 is 24.6 Å². The van der Waals surface area contributed by atoms with Crippen LogP contribution >= 0.6 is 0 Å². The van der Waals surface area contributed by atoms with Crippen molar-refractivity contribution in [3.05, 3.63) is 67.0 Å². The van der Waals surface area contributed by atoms with Gasteiger partial charge in [-0.25, -0.2) is 9.97 Å². The molecule has 2 aromatic heterocycles. The standard InChI is InChI=1S/C27H30N6O2/c1-32(2)12-17-35-21-10-11-28-24(18-21)22-7-5-6-20-19-29-27(31-26(20)22)30-23-8-3-4-9-25(23)33-13-15-34-16-14-33/h3-11,18-19H,12-17H2,1-2H3,(H,29,30,31). The first-order valence-corrected chi connectivity index (χ1v) is 11.9. The zero-order valence-electron chi connectivity index (χ0n) is 20.1. The number of nitrogens with one attached hydrogen (secondary N) is 1. The van der Waals surface area contributed by atoms with Crippen molar-refractivity contribution in [1.29, 1.82) is 0 Å². The SMILES string of the molecule is CN(C)CCOc1ccnc(-c2cccc3cnc(Nc4ccccc4N4CCOCC4)nc23)c1. The van der Waals surface area contributed by atoms with Gasteiger partial charge in [0.05, 0.1) is 35.8 Å². The summed E-state index contributed by atoms with van der Waals surface area (Å²) in [5, 5.41) is 4.39. The molecule has 1 aliphatic rings. The van der Waals surface area contributed by atoms with Crippen LogP contribution in [0.25, 0.3) is 22.2 Å². The number of nitrogens with zero attached hydrogens (tertiary/aromatic N) is 5. The summed E-state index contributed by atoms with van der Waals surface area (Å²) in [7, 11) is 4.06. The van der Waals surface area contributed by atoms with Crippen LogP contribution in [0.4, 0.5) is 17.3 Å². The average molecular weight is 471 g/mol. The van der Waals surface area contributed by atoms with E-state index in [2.05, 4.69) is 43.3 Å². The Morgan fingerprint density at radius 1 is 1.03 bits per heavy atom. The predicted molar refractivity (Wildman–Crippen MR) is 140 cm³/mol. The number of hydrogen-bond acceptors (Lipinski definition) is 8. The van der Waals surface area contributed by atoms with Crippen molar-refractivity contribution in [2.45, 2.75) is 0 Å². The highest BCUT2D eigenvalue weighted by atomic mass is 16.5. The minimum atomic E-state index is 0.545. The van der Waals surface area contributed by atoms with Gasteiger partial charge >= 0.3 is 0 Å². The number of ether oxygens (including phenoxy) is 2. The van der Waals surface area contributed by atoms with Gasteiger partial charge in [0, 0.05) is 49.0 Å². The Kier molecular flexibility index (Phi) is 7.02. The maximum Gasteiger partial charge on any atom is 0.227 e. The van der Waals surface area contributed by atoms with Gasteiger partial charge in [0.1, 0.15) is 12.4 Å². The lowest BCUT2D eigenvalue weighted by molar-refractivity contribution is 0.123. The van der Waals surface area contributed by atoms with E-state index in [1.54, 1.807) is 6.20 Å². The molecule has 0 radical (unpaired) electrons. The van der Waals surface area contributed by atoms with E-state index in [-0.39, 0.29) is 0 Å². The van der Waals surface area contributed by atoms with E-state index in [0.717, 1.165) is 72.1 Å². The first kappa shape index (κ1) is 23.0. The molecule has 0 bridgehead atoms. The molecule has 0 atom stereocenters. The molecule has 0 saturated carbocycles. The summed E-state index contributed by atoms with van der Waals surface area (Å²) in [6, 6.07) is 18.1. The second-order valence-electron chi connectivity index (χ2n) is 8.71. The summed E-state index contributed by atoms with van der Waals surface area (Å²) in [6.07, 6.45) is 3.63. The van der Waals surface area contributed by atoms with E-state index < -0.39 is 0 Å². The summed E-state index contributed by atoms with van der Waals surface area (Å²) in [4.78, 5) is 18.5. The van der Waals surface area contributed by atoms with Gasteiger partial charge in [0.25, 0.3) is 0 Å². The number of likely N-dealkylation sites (N-methyl/N-ethyl adjacent to an activating group) is 1. The molecule has 4 aromatic rings. The third kappa shape index (κ3) is 5.50. The Labute approximate surface area is 205 Å². The summed E-state index contributed by atoms with van der Waals surface area (Å²) in [5.41, 5.74) is 4.69. The quantitative estimate of drug-likeness (QED) is 0.410. The fraction of sp³-hybridized carbons (Fsp3) is 0.296. The molecule has 2 aromatic carbocycles. The topological polar surface area (TPSA) is 75.6 Å². The number of para-hydroxylation sites is 3. The van der Waals surface area contributed by atoms with E-state index in [1.807, 2.05) is 56.7 Å². The number of benzene rings is 2. The second-order valence-corrected chi connectivity index (χ2v) is 8.71. The fourth-order valence-electron chi connectivity index (χ4n) is 4.10. The number of morpholine rings is 1. The molecule has 1 aliphatic heterocycles. The van der Waals surface area contributed by atoms with E-state index in [9.17, 15) is 0 Å². The van der Waals surface area contributed by atoms with Crippen LogP contribution in [0.5, 0.6) is 5.75 Å². The van der Waals surface area contributed by atoms with Gasteiger partial charge in [-0.3, -0.25) is 4.98 Å². The molecule has 1 fully saturated rings. The average Bonchev–Trinajstić information content (AvgIpc) is 2.89. The Bertz CT molecular complexity index is 1290. The van der Waals surface area contributed by atoms with Crippen LogP contribution < -0.4 is 15.0 Å². The highest BCUT2D eigenvalue weighted by molar-refractivity contribution is 5.93. The van der Waals surface area contributed by atoms with Crippen molar-refractivity contribution in [2.75, 3.05) is 63.8 Å². The third-order valence-corrected chi connectivity index (χ3v) is 5.93. The van der Waals surface area contributed by atoms with E-state index >= 15 is 0 Å². The van der Waals surface area contributed by atoms with Crippen LogP contribution in [-0.4, -0.2) is 73.4 Å². The molecule has 8 heteroatoms. The van der Waals surface area contributed by atoms with Crippen LogP contribution in [-0.2, 0) is 4.74 Å². The van der Waals surface area contributed by atoms with Crippen molar-refractivity contribution in [2.24, 2.45) is 0 Å². The van der Waals surface area contributed by atoms with Crippen LogP contribution in [0.2, 0.25) is 0 Å². The van der Waals surface area contributed by atoms with Gasteiger partial charge in [-0.05, 0) is 32.3 Å². The van der Waals surface area contributed by atoms with Crippen molar-refractivity contribution in [1.82, 2.24) is 19.9 Å². The number of pyridine rings is 1. The lowest BCUT2D eigenvalue weighted by atomic mass is 10.1. The smallest absolute Gasteiger partial charge is 0.227 e. The van der Waals surface area contributed by atoms with Crippen LogP contribution in [0, 0.1) is 0 Å². The predicted octanol–water partition coefficient (Wildman–Crippen LogP) is 4.21. The largest absolute Gasteiger partial charge is 0.492 e. The summed E-state index contributed by atoms with van der Waals surface area (Å²) < 4.78 is 11.4. The van der Waals surface area contributed by atoms with Crippen molar-refractivity contribution in [3.63, 3.8) is 0 Å². The van der Waals surface area contributed by atoms with Crippen LogP contribution in [0.3, 0.4) is 0 Å². The first-order chi connectivity index (χ1) is 17.2. The number of rotatable bonds is 8. The molecule has 35 heavy (non-hydrogen) atoms. The van der Waals surface area contributed by atoms with E-state index in [1.165, 1.54) is 0 Å². The van der Waals surface area contributed by atoms with Gasteiger partial charge in [0.2, 0.25) is 5.95 Å². The number of fused-ring (bicyclic) bond motifs is 1. The van der Waals surface area contributed by atoms with Crippen molar-refractivity contribution in [3.8, 4) is 17.0 Å². The Morgan fingerprint density at radius 3 is 2.74 bits per heavy atom. The van der Waals surface area contributed by atoms with E-state index in [0.29, 0.717) is 12.6 Å². The van der Waals surface area contributed by atoms with Crippen LogP contribution in [0.1, 0.15) is 0 Å². The second kappa shape index (κ2) is 10.7. The fourth-order valence-corrected chi connectivity index (χ4v) is 4.10. The Balaban J connectivity index is 1.44. The highest BCUT2D eigenvalue weighted by Gasteiger charge is 2.16. The molecule has 3 heterocycles. The number of anilines is 3. The van der Waals surface area contributed by atoms with Gasteiger partial charge in [0.15, 0.2) is 0 Å². The number of aromatic nitrogens is 3. The van der Waals surface area contributed by atoms with E-state index in [4.69, 9.17) is 14.5 Å². The molecule has 0 aliphatic carbocycles.